The average molecular weight is 166 g/mol. The lowest BCUT2D eigenvalue weighted by molar-refractivity contribution is 0.783. The van der Waals surface area contributed by atoms with Crippen LogP contribution in [0.5, 0.6) is 0 Å². The molecule has 0 saturated heterocycles. The van der Waals surface area contributed by atoms with Gasteiger partial charge in [0.25, 0.3) is 0 Å². The smallest absolute Gasteiger partial charge is 0.109 e. The molecule has 2 nitrogen and oxygen atoms in total. The summed E-state index contributed by atoms with van der Waals surface area (Å²) in [6, 6.07) is 0. The van der Waals surface area contributed by atoms with Crippen LogP contribution in [0.15, 0.2) is 0 Å². The number of H-pyrrole nitrogens is 1. The van der Waals surface area contributed by atoms with Gasteiger partial charge >= 0.3 is 0 Å². The van der Waals surface area contributed by atoms with Crippen LogP contribution in [0.2, 0.25) is 0 Å². The molecule has 0 amide bonds. The van der Waals surface area contributed by atoms with Crippen LogP contribution < -0.4 is 0 Å². The van der Waals surface area contributed by atoms with Crippen molar-refractivity contribution in [3.05, 3.63) is 17.2 Å². The Labute approximate surface area is 74.4 Å². The van der Waals surface area contributed by atoms with Crippen molar-refractivity contribution >= 4 is 0 Å². The first-order chi connectivity index (χ1) is 5.65. The van der Waals surface area contributed by atoms with E-state index >= 15 is 0 Å². The summed E-state index contributed by atoms with van der Waals surface area (Å²) < 4.78 is 0. The molecule has 0 radical (unpaired) electrons. The zero-order valence-electron chi connectivity index (χ0n) is 8.44. The Bertz CT molecular complexity index is 248. The van der Waals surface area contributed by atoms with Crippen LogP contribution in [0.25, 0.3) is 0 Å². The molecule has 68 valence electrons. The van der Waals surface area contributed by atoms with Gasteiger partial charge in [0.1, 0.15) is 5.82 Å². The summed E-state index contributed by atoms with van der Waals surface area (Å²) in [6.07, 6.45) is 2.30. The third kappa shape index (κ3) is 1.87. The highest BCUT2D eigenvalue weighted by Crippen LogP contribution is 2.14. The van der Waals surface area contributed by atoms with Gasteiger partial charge in [-0.25, -0.2) is 4.98 Å². The number of aryl methyl sites for hydroxylation is 2. The van der Waals surface area contributed by atoms with Crippen LogP contribution >= 0.6 is 0 Å². The van der Waals surface area contributed by atoms with Crippen LogP contribution in [0, 0.1) is 6.92 Å². The molecule has 0 aromatic carbocycles. The Morgan fingerprint density at radius 2 is 2.08 bits per heavy atom. The second-order valence-corrected chi connectivity index (χ2v) is 3.59. The van der Waals surface area contributed by atoms with Crippen molar-refractivity contribution in [1.82, 2.24) is 9.97 Å². The van der Waals surface area contributed by atoms with Gasteiger partial charge in [-0.2, -0.15) is 0 Å². The minimum absolute atomic E-state index is 0.509. The maximum Gasteiger partial charge on any atom is 0.109 e. The maximum atomic E-state index is 4.47. The predicted molar refractivity (Wildman–Crippen MR) is 51.4 cm³/mol. The molecule has 0 aliphatic heterocycles. The maximum absolute atomic E-state index is 4.47. The number of aromatic nitrogens is 2. The highest BCUT2D eigenvalue weighted by atomic mass is 14.9. The average Bonchev–Trinajstić information content (AvgIpc) is 2.34. The number of nitrogens with one attached hydrogen (secondary N) is 1. The standard InChI is InChI=1S/C10H18N2/c1-5-6-9-8(4)11-10(12-9)7(2)3/h7H,5-6H2,1-4H3,(H,11,12). The van der Waals surface area contributed by atoms with E-state index in [-0.39, 0.29) is 0 Å². The molecule has 1 aromatic rings. The summed E-state index contributed by atoms with van der Waals surface area (Å²) in [7, 11) is 0. The molecule has 12 heavy (non-hydrogen) atoms. The highest BCUT2D eigenvalue weighted by molar-refractivity contribution is 5.14. The number of nitrogens with zero attached hydrogens (tertiary/aromatic N) is 1. The van der Waals surface area contributed by atoms with E-state index in [1.54, 1.807) is 0 Å². The molecule has 0 spiro atoms. The molecule has 1 rings (SSSR count). The summed E-state index contributed by atoms with van der Waals surface area (Å²) in [5.41, 5.74) is 2.47. The third-order valence-electron chi connectivity index (χ3n) is 2.05. The molecule has 0 aliphatic rings. The fraction of sp³-hybridized carbons (Fsp3) is 0.700. The Morgan fingerprint density at radius 1 is 1.42 bits per heavy atom. The first kappa shape index (κ1) is 9.30. The fourth-order valence-corrected chi connectivity index (χ4v) is 1.29. The van der Waals surface area contributed by atoms with Crippen LogP contribution in [0.1, 0.15) is 50.3 Å². The van der Waals surface area contributed by atoms with E-state index in [1.807, 2.05) is 0 Å². The van der Waals surface area contributed by atoms with Crippen molar-refractivity contribution in [2.24, 2.45) is 0 Å². The van der Waals surface area contributed by atoms with Crippen molar-refractivity contribution < 1.29 is 0 Å². The molecule has 0 aliphatic carbocycles. The quantitative estimate of drug-likeness (QED) is 0.735. The molecule has 2 heteroatoms. The van der Waals surface area contributed by atoms with Gasteiger partial charge in [0.15, 0.2) is 0 Å². The molecule has 0 fully saturated rings. The summed E-state index contributed by atoms with van der Waals surface area (Å²) in [6.45, 7) is 8.59. The van der Waals surface area contributed by atoms with E-state index in [2.05, 4.69) is 37.7 Å². The second kappa shape index (κ2) is 3.74. The van der Waals surface area contributed by atoms with Crippen molar-refractivity contribution in [1.29, 1.82) is 0 Å². The fourth-order valence-electron chi connectivity index (χ4n) is 1.29. The minimum Gasteiger partial charge on any atom is -0.345 e. The largest absolute Gasteiger partial charge is 0.345 e. The Morgan fingerprint density at radius 3 is 2.50 bits per heavy atom. The third-order valence-corrected chi connectivity index (χ3v) is 2.05. The van der Waals surface area contributed by atoms with Crippen molar-refractivity contribution in [2.45, 2.75) is 46.5 Å². The number of hydrogen-bond donors (Lipinski definition) is 1. The van der Waals surface area contributed by atoms with E-state index in [0.717, 1.165) is 12.2 Å². The Balaban J connectivity index is 2.85. The zero-order chi connectivity index (χ0) is 9.14. The van der Waals surface area contributed by atoms with E-state index in [9.17, 15) is 0 Å². The van der Waals surface area contributed by atoms with Gasteiger partial charge in [-0.05, 0) is 13.3 Å². The van der Waals surface area contributed by atoms with Gasteiger partial charge in [-0.3, -0.25) is 0 Å². The van der Waals surface area contributed by atoms with Gasteiger partial charge < -0.3 is 4.98 Å². The summed E-state index contributed by atoms with van der Waals surface area (Å²) in [5.74, 6) is 1.63. The second-order valence-electron chi connectivity index (χ2n) is 3.59. The summed E-state index contributed by atoms with van der Waals surface area (Å²) in [5, 5.41) is 0. The monoisotopic (exact) mass is 166 g/mol. The van der Waals surface area contributed by atoms with Crippen molar-refractivity contribution in [3.63, 3.8) is 0 Å². The van der Waals surface area contributed by atoms with Crippen molar-refractivity contribution in [2.75, 3.05) is 0 Å². The summed E-state index contributed by atoms with van der Waals surface area (Å²) >= 11 is 0. The topological polar surface area (TPSA) is 28.7 Å². The predicted octanol–water partition coefficient (Wildman–Crippen LogP) is 2.79. The number of aromatic amines is 1. The molecule has 1 aromatic heterocycles. The molecule has 1 N–H and O–H groups in total. The number of rotatable bonds is 3. The van der Waals surface area contributed by atoms with Crippen LogP contribution in [0.3, 0.4) is 0 Å². The lowest BCUT2D eigenvalue weighted by Gasteiger charge is -1.97. The lowest BCUT2D eigenvalue weighted by Crippen LogP contribution is -1.90. The first-order valence-corrected chi connectivity index (χ1v) is 4.70. The molecular formula is C10H18N2. The molecular weight excluding hydrogens is 148 g/mol. The van der Waals surface area contributed by atoms with Gasteiger partial charge in [0, 0.05) is 11.6 Å². The highest BCUT2D eigenvalue weighted by Gasteiger charge is 2.07. The number of imidazole rings is 1. The van der Waals surface area contributed by atoms with E-state index in [1.165, 1.54) is 17.8 Å². The van der Waals surface area contributed by atoms with Gasteiger partial charge in [-0.15, -0.1) is 0 Å². The Hall–Kier alpha value is -0.790. The molecule has 0 saturated carbocycles. The lowest BCUT2D eigenvalue weighted by atomic mass is 10.2. The first-order valence-electron chi connectivity index (χ1n) is 4.70. The summed E-state index contributed by atoms with van der Waals surface area (Å²) in [4.78, 5) is 7.84. The van der Waals surface area contributed by atoms with E-state index in [0.29, 0.717) is 5.92 Å². The van der Waals surface area contributed by atoms with E-state index < -0.39 is 0 Å². The number of hydrogen-bond acceptors (Lipinski definition) is 1. The van der Waals surface area contributed by atoms with Crippen LogP contribution in [0.4, 0.5) is 0 Å². The van der Waals surface area contributed by atoms with Gasteiger partial charge in [0.05, 0.1) is 5.69 Å². The SMILES string of the molecule is CCCc1[nH]c(C(C)C)nc1C. The normalized spacial score (nSPS) is 11.1. The van der Waals surface area contributed by atoms with Crippen molar-refractivity contribution in [3.8, 4) is 0 Å². The molecule has 0 unspecified atom stereocenters. The van der Waals surface area contributed by atoms with Gasteiger partial charge in [0.2, 0.25) is 0 Å². The minimum atomic E-state index is 0.509. The van der Waals surface area contributed by atoms with Gasteiger partial charge in [-0.1, -0.05) is 27.2 Å². The molecule has 0 bridgehead atoms. The zero-order valence-corrected chi connectivity index (χ0v) is 8.44. The Kier molecular flexibility index (Phi) is 2.90. The van der Waals surface area contributed by atoms with Crippen LogP contribution in [-0.2, 0) is 6.42 Å². The molecule has 1 heterocycles. The molecule has 0 atom stereocenters. The van der Waals surface area contributed by atoms with E-state index in [4.69, 9.17) is 0 Å². The van der Waals surface area contributed by atoms with Crippen LogP contribution in [-0.4, -0.2) is 9.97 Å².